The zero-order valence-electron chi connectivity index (χ0n) is 20.1. The molecule has 1 atom stereocenters. The second-order valence-electron chi connectivity index (χ2n) is 9.73. The first kappa shape index (κ1) is 25.4. The fourth-order valence-electron chi connectivity index (χ4n) is 3.26. The lowest BCUT2D eigenvalue weighted by atomic mass is 9.98. The van der Waals surface area contributed by atoms with Crippen molar-refractivity contribution in [3.05, 3.63) is 17.0 Å². The number of hydrogen-bond acceptors (Lipinski definition) is 8. The molecule has 0 fully saturated rings. The Morgan fingerprint density at radius 3 is 2.09 bits per heavy atom. The minimum absolute atomic E-state index is 0.0120. The number of ether oxygens (including phenoxy) is 3. The van der Waals surface area contributed by atoms with Crippen LogP contribution in [0.2, 0.25) is 0 Å². The summed E-state index contributed by atoms with van der Waals surface area (Å²) in [5.74, 6) is -1.35. The summed E-state index contributed by atoms with van der Waals surface area (Å²) in [7, 11) is 0. The van der Waals surface area contributed by atoms with E-state index in [1.807, 2.05) is 6.92 Å². The van der Waals surface area contributed by atoms with Gasteiger partial charge in [0.25, 0.3) is 0 Å². The normalized spacial score (nSPS) is 16.2. The summed E-state index contributed by atoms with van der Waals surface area (Å²) in [5, 5.41) is 4.32. The van der Waals surface area contributed by atoms with Crippen LogP contribution in [0, 0.1) is 0 Å². The van der Waals surface area contributed by atoms with Gasteiger partial charge in [0.2, 0.25) is 0 Å². The maximum Gasteiger partial charge on any atom is 0.435 e. The van der Waals surface area contributed by atoms with E-state index in [0.717, 1.165) is 4.68 Å². The molecule has 2 heterocycles. The van der Waals surface area contributed by atoms with E-state index in [-0.39, 0.29) is 24.9 Å². The van der Waals surface area contributed by atoms with Crippen LogP contribution in [-0.4, -0.2) is 62.5 Å². The van der Waals surface area contributed by atoms with Gasteiger partial charge in [-0.05, 0) is 55.4 Å². The monoisotopic (exact) mass is 451 g/mol. The molecule has 32 heavy (non-hydrogen) atoms. The van der Waals surface area contributed by atoms with Crippen LogP contribution in [0.5, 0.6) is 0 Å². The summed E-state index contributed by atoms with van der Waals surface area (Å²) in [6, 6.07) is -0.271. The first-order valence-corrected chi connectivity index (χ1v) is 10.7. The lowest BCUT2D eigenvalue weighted by molar-refractivity contribution is -0.142. The molecule has 1 aromatic heterocycles. The lowest BCUT2D eigenvalue weighted by Crippen LogP contribution is -2.45. The van der Waals surface area contributed by atoms with Gasteiger partial charge in [-0.3, -0.25) is 9.59 Å². The fraction of sp³-hybridized carbons (Fsp3) is 0.682. The minimum atomic E-state index is -0.837. The molecule has 1 unspecified atom stereocenters. The first-order valence-electron chi connectivity index (χ1n) is 10.7. The largest absolute Gasteiger partial charge is 0.466 e. The Kier molecular flexibility index (Phi) is 7.36. The van der Waals surface area contributed by atoms with E-state index in [1.165, 1.54) is 4.90 Å². The molecule has 10 heteroatoms. The zero-order valence-corrected chi connectivity index (χ0v) is 20.1. The third-order valence-electron chi connectivity index (χ3n) is 4.48. The highest BCUT2D eigenvalue weighted by molar-refractivity contribution is 6.07. The van der Waals surface area contributed by atoms with Crippen LogP contribution in [0.4, 0.5) is 9.59 Å². The number of aromatic nitrogens is 2. The van der Waals surface area contributed by atoms with Crippen molar-refractivity contribution in [3.63, 3.8) is 0 Å². The Morgan fingerprint density at radius 2 is 1.56 bits per heavy atom. The second kappa shape index (κ2) is 9.30. The maximum absolute atomic E-state index is 13.0. The van der Waals surface area contributed by atoms with E-state index >= 15 is 0 Å². The van der Waals surface area contributed by atoms with Gasteiger partial charge in [-0.2, -0.15) is 9.78 Å². The number of nitrogens with zero attached hydrogens (tertiary/aromatic N) is 3. The van der Waals surface area contributed by atoms with Gasteiger partial charge in [0.1, 0.15) is 23.3 Å². The average Bonchev–Trinajstić information content (AvgIpc) is 2.96. The molecule has 0 aromatic carbocycles. The van der Waals surface area contributed by atoms with Crippen molar-refractivity contribution in [2.75, 3.05) is 6.61 Å². The molecule has 1 aliphatic rings. The number of esters is 1. The fourth-order valence-corrected chi connectivity index (χ4v) is 3.26. The Bertz CT molecular complexity index is 906. The predicted octanol–water partition coefficient (Wildman–Crippen LogP) is 3.48. The Hall–Kier alpha value is -2.91. The summed E-state index contributed by atoms with van der Waals surface area (Å²) in [5.41, 5.74) is -0.700. The number of amides is 1. The van der Waals surface area contributed by atoms with Crippen molar-refractivity contribution in [1.29, 1.82) is 0 Å². The molecule has 0 aliphatic carbocycles. The van der Waals surface area contributed by atoms with Gasteiger partial charge in [-0.1, -0.05) is 0 Å². The highest BCUT2D eigenvalue weighted by Crippen LogP contribution is 2.29. The first-order chi connectivity index (χ1) is 14.6. The number of fused-ring (bicyclic) bond motifs is 1. The molecule has 10 nitrogen and oxygen atoms in total. The smallest absolute Gasteiger partial charge is 0.435 e. The Labute approximate surface area is 188 Å². The van der Waals surface area contributed by atoms with E-state index in [4.69, 9.17) is 14.2 Å². The average molecular weight is 452 g/mol. The van der Waals surface area contributed by atoms with Crippen LogP contribution in [0.15, 0.2) is 0 Å². The summed E-state index contributed by atoms with van der Waals surface area (Å²) < 4.78 is 16.7. The second-order valence-corrected chi connectivity index (χ2v) is 9.73. The highest BCUT2D eigenvalue weighted by Gasteiger charge is 2.38. The van der Waals surface area contributed by atoms with Crippen molar-refractivity contribution < 1.29 is 33.4 Å². The van der Waals surface area contributed by atoms with Gasteiger partial charge in [-0.15, -0.1) is 0 Å². The molecule has 0 bridgehead atoms. The number of ketones is 1. The summed E-state index contributed by atoms with van der Waals surface area (Å²) in [6.07, 6.45) is -1.62. The number of Topliss-reactive ketones (excluding diaryl/α,β-unsaturated/α-hetero) is 1. The van der Waals surface area contributed by atoms with Gasteiger partial charge in [0.05, 0.1) is 18.8 Å². The summed E-state index contributed by atoms with van der Waals surface area (Å²) in [4.78, 5) is 52.0. The molecule has 1 aliphatic heterocycles. The van der Waals surface area contributed by atoms with Gasteiger partial charge in [-0.25, -0.2) is 9.59 Å². The molecule has 0 N–H and O–H groups in total. The Morgan fingerprint density at radius 1 is 1.00 bits per heavy atom. The third kappa shape index (κ3) is 6.30. The summed E-state index contributed by atoms with van der Waals surface area (Å²) in [6.45, 7) is 14.0. The minimum Gasteiger partial charge on any atom is -0.466 e. The molecule has 2 rings (SSSR count). The highest BCUT2D eigenvalue weighted by atomic mass is 16.6. The van der Waals surface area contributed by atoms with E-state index < -0.39 is 41.6 Å². The standard InChI is InChI=1S/C22H33N3O7/c1-9-30-17(27)11-16(26)18-14-12-24(19(28)31-21(3,4)5)13(2)10-15(14)23-25(18)20(29)32-22(6,7)8/h13H,9-12H2,1-8H3. The topological polar surface area (TPSA) is 117 Å². The van der Waals surface area contributed by atoms with Crippen LogP contribution >= 0.6 is 0 Å². The van der Waals surface area contributed by atoms with Crippen LogP contribution < -0.4 is 0 Å². The van der Waals surface area contributed by atoms with Crippen LogP contribution in [0.1, 0.15) is 83.6 Å². The van der Waals surface area contributed by atoms with Crippen molar-refractivity contribution in [3.8, 4) is 0 Å². The third-order valence-corrected chi connectivity index (χ3v) is 4.48. The van der Waals surface area contributed by atoms with Crippen molar-refractivity contribution in [1.82, 2.24) is 14.7 Å². The lowest BCUT2D eigenvalue weighted by Gasteiger charge is -2.34. The SMILES string of the molecule is CCOC(=O)CC(=O)c1c2c(nn1C(=O)OC(C)(C)C)CC(C)N(C(=O)OC(C)(C)C)C2. The van der Waals surface area contributed by atoms with Crippen LogP contribution in [0.3, 0.4) is 0 Å². The molecular formula is C22H33N3O7. The molecule has 0 spiro atoms. The number of hydrogen-bond donors (Lipinski definition) is 0. The maximum atomic E-state index is 13.0. The van der Waals surface area contributed by atoms with Crippen molar-refractivity contribution in [2.24, 2.45) is 0 Å². The molecule has 1 amide bonds. The molecule has 1 aromatic rings. The van der Waals surface area contributed by atoms with E-state index in [2.05, 4.69) is 5.10 Å². The predicted molar refractivity (Wildman–Crippen MR) is 114 cm³/mol. The summed E-state index contributed by atoms with van der Waals surface area (Å²) >= 11 is 0. The number of carbonyl (C=O) groups is 4. The molecule has 0 saturated carbocycles. The van der Waals surface area contributed by atoms with Gasteiger partial charge in [0, 0.05) is 18.0 Å². The molecule has 0 saturated heterocycles. The zero-order chi connectivity index (χ0) is 24.4. The molecular weight excluding hydrogens is 418 g/mol. The number of rotatable bonds is 4. The van der Waals surface area contributed by atoms with E-state index in [9.17, 15) is 19.2 Å². The Balaban J connectivity index is 2.48. The quantitative estimate of drug-likeness (QED) is 0.296. The molecule has 178 valence electrons. The van der Waals surface area contributed by atoms with Crippen molar-refractivity contribution >= 4 is 23.9 Å². The molecule has 0 radical (unpaired) electrons. The van der Waals surface area contributed by atoms with Gasteiger partial charge < -0.3 is 19.1 Å². The van der Waals surface area contributed by atoms with Crippen LogP contribution in [0.25, 0.3) is 0 Å². The van der Waals surface area contributed by atoms with Gasteiger partial charge in [0.15, 0.2) is 5.78 Å². The van der Waals surface area contributed by atoms with Crippen molar-refractivity contribution in [2.45, 2.75) is 92.0 Å². The number of carbonyl (C=O) groups excluding carboxylic acids is 4. The van der Waals surface area contributed by atoms with E-state index in [0.29, 0.717) is 17.7 Å². The van der Waals surface area contributed by atoms with Crippen LogP contribution in [-0.2, 0) is 32.0 Å². The van der Waals surface area contributed by atoms with Gasteiger partial charge >= 0.3 is 18.2 Å². The van der Waals surface area contributed by atoms with E-state index in [1.54, 1.807) is 48.5 Å².